The quantitative estimate of drug-likeness (QED) is 0.211. The van der Waals surface area contributed by atoms with Crippen LogP contribution in [0.2, 0.25) is 0 Å². The predicted molar refractivity (Wildman–Crippen MR) is 173 cm³/mol. The minimum atomic E-state index is -4.75. The lowest BCUT2D eigenvalue weighted by atomic mass is 10.0. The van der Waals surface area contributed by atoms with Gasteiger partial charge in [-0.3, -0.25) is 0 Å². The van der Waals surface area contributed by atoms with E-state index in [1.165, 1.54) is 46.4 Å². The maximum atomic E-state index is 12.9. The molecule has 12 heteroatoms. The number of amidine groups is 1. The number of carbonyl (C=O) groups excluding carboxylic acids is 1. The highest BCUT2D eigenvalue weighted by Gasteiger charge is 2.31. The first kappa shape index (κ1) is 31.8. The van der Waals surface area contributed by atoms with Crippen molar-refractivity contribution in [3.63, 3.8) is 0 Å². The van der Waals surface area contributed by atoms with Crippen molar-refractivity contribution < 1.29 is 22.7 Å². The predicted octanol–water partition coefficient (Wildman–Crippen LogP) is 8.16. The third-order valence-electron chi connectivity index (χ3n) is 7.07. The lowest BCUT2D eigenvalue weighted by molar-refractivity contribution is -0.274. The molecule has 0 spiro atoms. The van der Waals surface area contributed by atoms with Crippen LogP contribution in [-0.4, -0.2) is 44.6 Å². The van der Waals surface area contributed by atoms with E-state index in [0.29, 0.717) is 16.7 Å². The van der Waals surface area contributed by atoms with Crippen molar-refractivity contribution in [3.05, 3.63) is 95.9 Å². The van der Waals surface area contributed by atoms with Crippen LogP contribution in [0.1, 0.15) is 43.4 Å². The normalized spacial score (nSPS) is 14.9. The van der Waals surface area contributed by atoms with E-state index in [2.05, 4.69) is 62.1 Å². The molecule has 0 radical (unpaired) electrons. The van der Waals surface area contributed by atoms with E-state index >= 15 is 0 Å². The maximum Gasteiger partial charge on any atom is 0.573 e. The summed E-state index contributed by atoms with van der Waals surface area (Å²) in [5, 5.41) is 7.95. The van der Waals surface area contributed by atoms with Gasteiger partial charge in [-0.15, -0.1) is 18.3 Å². The average molecular weight is 635 g/mol. The van der Waals surface area contributed by atoms with Crippen LogP contribution in [0, 0.1) is 6.92 Å². The number of alkyl halides is 3. The fourth-order valence-electron chi connectivity index (χ4n) is 4.86. The van der Waals surface area contributed by atoms with Gasteiger partial charge in [-0.25, -0.2) is 14.5 Å². The summed E-state index contributed by atoms with van der Waals surface area (Å²) in [5.74, 6) is 1.05. The molecule has 45 heavy (non-hydrogen) atoms. The molecule has 2 heterocycles. The molecule has 0 unspecified atom stereocenters. The summed E-state index contributed by atoms with van der Waals surface area (Å²) in [6.45, 7) is 6.95. The maximum absolute atomic E-state index is 12.9. The second-order valence-electron chi connectivity index (χ2n) is 10.5. The summed E-state index contributed by atoms with van der Waals surface area (Å²) in [5.41, 5.74) is 6.57. The summed E-state index contributed by atoms with van der Waals surface area (Å²) < 4.78 is 42.7. The molecular formula is C33H33F3N6O2S. The lowest BCUT2D eigenvalue weighted by Gasteiger charge is -2.31. The first-order valence-corrected chi connectivity index (χ1v) is 15.5. The van der Waals surface area contributed by atoms with E-state index in [9.17, 15) is 18.0 Å². The summed E-state index contributed by atoms with van der Waals surface area (Å²) in [4.78, 5) is 23.8. The molecule has 5 rings (SSSR count). The minimum Gasteiger partial charge on any atom is -0.406 e. The molecular weight excluding hydrogens is 601 g/mol. The number of anilines is 1. The van der Waals surface area contributed by atoms with Crippen molar-refractivity contribution in [1.29, 1.82) is 0 Å². The zero-order valence-electron chi connectivity index (χ0n) is 25.1. The molecule has 0 bridgehead atoms. The summed E-state index contributed by atoms with van der Waals surface area (Å²) in [6.07, 6.45) is 1.40. The largest absolute Gasteiger partial charge is 0.573 e. The molecule has 234 valence electrons. The van der Waals surface area contributed by atoms with Crippen LogP contribution in [0.3, 0.4) is 0 Å². The third kappa shape index (κ3) is 8.33. The van der Waals surface area contributed by atoms with Gasteiger partial charge in [0, 0.05) is 29.7 Å². The summed E-state index contributed by atoms with van der Waals surface area (Å²) >= 11 is 1.59. The Morgan fingerprint density at radius 1 is 1.11 bits per heavy atom. The SMILES string of the molecule is CCCc1ccc(C)cc1N1CCCSC1=NC(=O)N/C=C(\C)c1ccc(-c2ncn(-c3ccc(OC(F)(F)F)cc3)n2)cc1. The number of benzene rings is 3. The number of hydrogen-bond donors (Lipinski definition) is 1. The highest BCUT2D eigenvalue weighted by atomic mass is 32.2. The number of amides is 2. The summed E-state index contributed by atoms with van der Waals surface area (Å²) in [6, 6.07) is 18.9. The number of nitrogens with zero attached hydrogens (tertiary/aromatic N) is 5. The molecule has 8 nitrogen and oxygen atoms in total. The van der Waals surface area contributed by atoms with Gasteiger partial charge in [0.05, 0.1) is 5.69 Å². The van der Waals surface area contributed by atoms with E-state index in [-0.39, 0.29) is 5.75 Å². The Kier molecular flexibility index (Phi) is 9.92. The number of nitrogens with one attached hydrogen (secondary N) is 1. The molecule has 0 aliphatic carbocycles. The Morgan fingerprint density at radius 2 is 1.87 bits per heavy atom. The van der Waals surface area contributed by atoms with Crippen molar-refractivity contribution in [3.8, 4) is 22.8 Å². The van der Waals surface area contributed by atoms with Gasteiger partial charge in [0.15, 0.2) is 11.0 Å². The highest BCUT2D eigenvalue weighted by molar-refractivity contribution is 8.14. The fraction of sp³-hybridized carbons (Fsp3) is 0.273. The second-order valence-corrected chi connectivity index (χ2v) is 11.6. The van der Waals surface area contributed by atoms with Gasteiger partial charge < -0.3 is 15.0 Å². The van der Waals surface area contributed by atoms with E-state index in [4.69, 9.17) is 0 Å². The number of thioether (sulfide) groups is 1. The number of aryl methyl sites for hydroxylation is 2. The van der Waals surface area contributed by atoms with Crippen LogP contribution < -0.4 is 15.0 Å². The van der Waals surface area contributed by atoms with Crippen molar-refractivity contribution in [1.82, 2.24) is 20.1 Å². The van der Waals surface area contributed by atoms with Gasteiger partial charge in [-0.1, -0.05) is 61.5 Å². The van der Waals surface area contributed by atoms with Crippen molar-refractivity contribution in [2.24, 2.45) is 4.99 Å². The van der Waals surface area contributed by atoms with Crippen LogP contribution in [0.4, 0.5) is 23.7 Å². The molecule has 1 N–H and O–H groups in total. The molecule has 0 saturated carbocycles. The van der Waals surface area contributed by atoms with Gasteiger partial charge in [0.2, 0.25) is 0 Å². The van der Waals surface area contributed by atoms with Crippen LogP contribution >= 0.6 is 11.8 Å². The zero-order valence-corrected chi connectivity index (χ0v) is 26.0. The number of ether oxygens (including phenoxy) is 1. The van der Waals surface area contributed by atoms with Gasteiger partial charge in [0.25, 0.3) is 0 Å². The van der Waals surface area contributed by atoms with Gasteiger partial charge in [0.1, 0.15) is 12.1 Å². The number of halogens is 3. The number of aromatic nitrogens is 3. The fourth-order valence-corrected chi connectivity index (χ4v) is 5.81. The van der Waals surface area contributed by atoms with Crippen LogP contribution in [-0.2, 0) is 6.42 Å². The molecule has 4 aromatic rings. The number of allylic oxidation sites excluding steroid dienone is 1. The third-order valence-corrected chi connectivity index (χ3v) is 8.14. The van der Waals surface area contributed by atoms with Crippen LogP contribution in [0.5, 0.6) is 5.75 Å². The van der Waals surface area contributed by atoms with E-state index < -0.39 is 12.4 Å². The zero-order chi connectivity index (χ0) is 32.0. The molecule has 2 amide bonds. The first-order valence-electron chi connectivity index (χ1n) is 14.5. The Bertz CT molecular complexity index is 1700. The number of aliphatic imine (C=N–C) groups is 1. The Labute approximate surface area is 264 Å². The smallest absolute Gasteiger partial charge is 0.406 e. The lowest BCUT2D eigenvalue weighted by Crippen LogP contribution is -2.36. The molecule has 1 aliphatic heterocycles. The van der Waals surface area contributed by atoms with Gasteiger partial charge >= 0.3 is 12.4 Å². The topological polar surface area (TPSA) is 84.6 Å². The van der Waals surface area contributed by atoms with E-state index in [1.54, 1.807) is 18.0 Å². The van der Waals surface area contributed by atoms with Crippen molar-refractivity contribution >= 4 is 34.2 Å². The highest BCUT2D eigenvalue weighted by Crippen LogP contribution is 2.30. The van der Waals surface area contributed by atoms with Crippen molar-refractivity contribution in [2.75, 3.05) is 17.2 Å². The molecule has 0 atom stereocenters. The standard InChI is InChI=1S/C33H33F3N6O2S/c1-4-6-25-8-7-22(2)19-29(25)41-17-5-18-45-32(41)39-31(43)37-20-23(3)24-9-11-26(12-10-24)30-38-21-42(40-30)27-13-15-28(16-14-27)44-33(34,35)36/h7-16,19-21H,4-6,17-18H2,1-3H3,(H,37,43)/b23-20+,39-32?. The summed E-state index contributed by atoms with van der Waals surface area (Å²) in [7, 11) is 0. The Hall–Kier alpha value is -4.58. The number of rotatable bonds is 8. The minimum absolute atomic E-state index is 0.313. The monoisotopic (exact) mass is 634 g/mol. The van der Waals surface area contributed by atoms with E-state index in [1.807, 2.05) is 31.2 Å². The molecule has 1 fully saturated rings. The molecule has 1 aliphatic rings. The first-order chi connectivity index (χ1) is 21.6. The Morgan fingerprint density at radius 3 is 2.58 bits per heavy atom. The molecule has 3 aromatic carbocycles. The van der Waals surface area contributed by atoms with Gasteiger partial charge in [-0.2, -0.15) is 4.99 Å². The van der Waals surface area contributed by atoms with Crippen LogP contribution in [0.25, 0.3) is 22.6 Å². The second kappa shape index (κ2) is 14.0. The Balaban J connectivity index is 1.24. The van der Waals surface area contributed by atoms with Crippen LogP contribution in [0.15, 0.2) is 84.2 Å². The average Bonchev–Trinajstić information content (AvgIpc) is 3.51. The molecule has 1 aromatic heterocycles. The number of urea groups is 1. The number of hydrogen-bond acceptors (Lipinski definition) is 5. The van der Waals surface area contributed by atoms with Crippen molar-refractivity contribution in [2.45, 2.75) is 46.4 Å². The van der Waals surface area contributed by atoms with E-state index in [0.717, 1.165) is 53.9 Å². The number of carbonyl (C=O) groups is 1. The molecule has 1 saturated heterocycles. The van der Waals surface area contributed by atoms with Gasteiger partial charge in [-0.05, 0) is 79.3 Å².